The lowest BCUT2D eigenvalue weighted by molar-refractivity contribution is 0.402. The fourth-order valence-electron chi connectivity index (χ4n) is 3.46. The summed E-state index contributed by atoms with van der Waals surface area (Å²) in [5.74, 6) is 0.600. The van der Waals surface area contributed by atoms with E-state index in [2.05, 4.69) is 25.4 Å². The van der Waals surface area contributed by atoms with Gasteiger partial charge >= 0.3 is 0 Å². The van der Waals surface area contributed by atoms with E-state index < -0.39 is 0 Å². The highest BCUT2D eigenvalue weighted by Gasteiger charge is 2.23. The molecule has 2 atom stereocenters. The topological polar surface area (TPSA) is 118 Å². The van der Waals surface area contributed by atoms with Gasteiger partial charge in [-0.25, -0.2) is 9.97 Å². The molecule has 2 unspecified atom stereocenters. The molecule has 0 spiro atoms. The zero-order valence-corrected chi connectivity index (χ0v) is 14.2. The van der Waals surface area contributed by atoms with E-state index >= 15 is 0 Å². The summed E-state index contributed by atoms with van der Waals surface area (Å²) in [7, 11) is 0. The number of nitrogens with two attached hydrogens (primary N) is 1. The number of nitrogens with one attached hydrogen (secondary N) is 2. The first-order chi connectivity index (χ1) is 12.2. The van der Waals surface area contributed by atoms with E-state index in [1.807, 2.05) is 17.8 Å². The van der Waals surface area contributed by atoms with Crippen LogP contribution in [-0.4, -0.2) is 41.9 Å². The highest BCUT2D eigenvalue weighted by molar-refractivity contribution is 5.97. The van der Waals surface area contributed by atoms with E-state index in [0.717, 1.165) is 31.4 Å². The molecule has 3 aromatic heterocycles. The van der Waals surface area contributed by atoms with Gasteiger partial charge in [-0.3, -0.25) is 4.68 Å². The zero-order valence-electron chi connectivity index (χ0n) is 14.2. The van der Waals surface area contributed by atoms with Crippen molar-refractivity contribution in [3.63, 3.8) is 0 Å². The molecule has 5 N–H and O–H groups in total. The molecule has 8 heteroatoms. The van der Waals surface area contributed by atoms with Crippen molar-refractivity contribution in [1.29, 1.82) is 0 Å². The Kier molecular flexibility index (Phi) is 4.04. The smallest absolute Gasteiger partial charge is 0.224 e. The van der Waals surface area contributed by atoms with Crippen LogP contribution in [0.1, 0.15) is 32.6 Å². The molecule has 8 nitrogen and oxygen atoms in total. The molecule has 132 valence electrons. The van der Waals surface area contributed by atoms with Crippen molar-refractivity contribution >= 4 is 16.9 Å². The molecule has 25 heavy (non-hydrogen) atoms. The average Bonchev–Trinajstić information content (AvgIpc) is 3.24. The summed E-state index contributed by atoms with van der Waals surface area (Å²) in [4.78, 5) is 12.0. The molecule has 0 aliphatic heterocycles. The number of H-pyrrole nitrogens is 1. The molecular weight excluding hydrogens is 318 g/mol. The van der Waals surface area contributed by atoms with Crippen LogP contribution in [0.15, 0.2) is 18.6 Å². The van der Waals surface area contributed by atoms with Crippen molar-refractivity contribution in [2.75, 3.05) is 5.32 Å². The number of fused-ring (bicyclic) bond motifs is 1. The summed E-state index contributed by atoms with van der Waals surface area (Å²) >= 11 is 0. The van der Waals surface area contributed by atoms with Crippen LogP contribution in [-0.2, 0) is 6.54 Å². The third-order valence-electron chi connectivity index (χ3n) is 4.88. The maximum Gasteiger partial charge on any atom is 0.224 e. The van der Waals surface area contributed by atoms with Crippen molar-refractivity contribution in [3.05, 3.63) is 18.6 Å². The van der Waals surface area contributed by atoms with Crippen molar-refractivity contribution in [3.8, 4) is 17.1 Å². The van der Waals surface area contributed by atoms with Gasteiger partial charge in [0.25, 0.3) is 0 Å². The lowest BCUT2D eigenvalue weighted by Crippen LogP contribution is -2.42. The van der Waals surface area contributed by atoms with Gasteiger partial charge in [0.1, 0.15) is 0 Å². The van der Waals surface area contributed by atoms with Crippen LogP contribution >= 0.6 is 0 Å². The molecule has 0 amide bonds. The average molecular weight is 341 g/mol. The van der Waals surface area contributed by atoms with Crippen molar-refractivity contribution in [1.82, 2.24) is 24.7 Å². The zero-order chi connectivity index (χ0) is 17.4. The Morgan fingerprint density at radius 2 is 2.20 bits per heavy atom. The van der Waals surface area contributed by atoms with Gasteiger partial charge in [-0.2, -0.15) is 5.10 Å². The molecule has 3 heterocycles. The highest BCUT2D eigenvalue weighted by atomic mass is 16.3. The number of rotatable bonds is 4. The fraction of sp³-hybridized carbons (Fsp3) is 0.471. The number of anilines is 1. The predicted octanol–water partition coefficient (Wildman–Crippen LogP) is 2.23. The molecule has 1 aliphatic carbocycles. The molecule has 1 saturated carbocycles. The van der Waals surface area contributed by atoms with E-state index in [9.17, 15) is 5.11 Å². The van der Waals surface area contributed by atoms with E-state index in [0.29, 0.717) is 22.5 Å². The number of hydrogen-bond acceptors (Lipinski definition) is 6. The van der Waals surface area contributed by atoms with Crippen LogP contribution < -0.4 is 11.1 Å². The largest absolute Gasteiger partial charge is 0.494 e. The van der Waals surface area contributed by atoms with Gasteiger partial charge in [-0.05, 0) is 19.8 Å². The van der Waals surface area contributed by atoms with Crippen molar-refractivity contribution in [2.45, 2.75) is 51.2 Å². The molecule has 0 aromatic carbocycles. The Labute approximate surface area is 145 Å². The maximum atomic E-state index is 10.2. The van der Waals surface area contributed by atoms with Crippen LogP contribution in [0.4, 0.5) is 5.95 Å². The Bertz CT molecular complexity index is 884. The first-order valence-corrected chi connectivity index (χ1v) is 8.78. The second-order valence-electron chi connectivity index (χ2n) is 6.58. The minimum Gasteiger partial charge on any atom is -0.494 e. The van der Waals surface area contributed by atoms with E-state index in [4.69, 9.17) is 5.73 Å². The van der Waals surface area contributed by atoms with Gasteiger partial charge in [0.15, 0.2) is 5.88 Å². The molecule has 0 radical (unpaired) electrons. The van der Waals surface area contributed by atoms with E-state index in [1.54, 1.807) is 12.4 Å². The Morgan fingerprint density at radius 3 is 2.96 bits per heavy atom. The molecule has 0 saturated heterocycles. The van der Waals surface area contributed by atoms with Gasteiger partial charge < -0.3 is 21.1 Å². The van der Waals surface area contributed by atoms with Crippen molar-refractivity contribution in [2.24, 2.45) is 5.73 Å². The third-order valence-corrected chi connectivity index (χ3v) is 4.88. The Morgan fingerprint density at radius 1 is 1.36 bits per heavy atom. The molecule has 0 bridgehead atoms. The highest BCUT2D eigenvalue weighted by Crippen LogP contribution is 2.33. The summed E-state index contributed by atoms with van der Waals surface area (Å²) in [5, 5.41) is 18.5. The number of aromatic amines is 1. The summed E-state index contributed by atoms with van der Waals surface area (Å²) < 4.78 is 1.83. The lowest BCUT2D eigenvalue weighted by Gasteiger charge is -2.29. The SMILES string of the molecule is CCn1cc(-c2nc(NC3CCCCC3N)nc3c[nH]c(O)c23)cn1. The lowest BCUT2D eigenvalue weighted by atomic mass is 9.91. The monoisotopic (exact) mass is 341 g/mol. The van der Waals surface area contributed by atoms with Gasteiger partial charge in [0.2, 0.25) is 5.95 Å². The Balaban J connectivity index is 1.76. The van der Waals surface area contributed by atoms with Crippen LogP contribution in [0, 0.1) is 0 Å². The number of nitrogens with zero attached hydrogens (tertiary/aromatic N) is 4. The molecular formula is C17H23N7O. The number of aromatic hydroxyl groups is 1. The van der Waals surface area contributed by atoms with Gasteiger partial charge in [0.05, 0.1) is 22.8 Å². The second kappa shape index (κ2) is 6.36. The first kappa shape index (κ1) is 15.9. The molecule has 4 rings (SSSR count). The summed E-state index contributed by atoms with van der Waals surface area (Å²) in [6.07, 6.45) is 9.73. The maximum absolute atomic E-state index is 10.2. The van der Waals surface area contributed by atoms with Gasteiger partial charge in [-0.15, -0.1) is 0 Å². The van der Waals surface area contributed by atoms with Gasteiger partial charge in [-0.1, -0.05) is 12.8 Å². The van der Waals surface area contributed by atoms with Crippen LogP contribution in [0.25, 0.3) is 22.2 Å². The minimum absolute atomic E-state index is 0.0650. The van der Waals surface area contributed by atoms with Crippen LogP contribution in [0.2, 0.25) is 0 Å². The standard InChI is InChI=1S/C17H23N7O/c1-2-24-9-10(7-20-24)15-14-13(8-19-16(14)25)22-17(23-15)21-12-6-4-3-5-11(12)18/h7-9,11-12,19,25H,2-6,18H2,1H3,(H,21,22). The van der Waals surface area contributed by atoms with Gasteiger partial charge in [0, 0.05) is 36.6 Å². The number of hydrogen-bond donors (Lipinski definition) is 4. The Hall–Kier alpha value is -2.61. The number of aryl methyl sites for hydroxylation is 1. The van der Waals surface area contributed by atoms with Crippen LogP contribution in [0.5, 0.6) is 5.88 Å². The van der Waals surface area contributed by atoms with Crippen LogP contribution in [0.3, 0.4) is 0 Å². The normalized spacial score (nSPS) is 20.9. The summed E-state index contributed by atoms with van der Waals surface area (Å²) in [6, 6.07) is 0.281. The molecule has 1 fully saturated rings. The predicted molar refractivity (Wildman–Crippen MR) is 96.3 cm³/mol. The first-order valence-electron chi connectivity index (χ1n) is 8.78. The number of aromatic nitrogens is 5. The third kappa shape index (κ3) is 2.93. The quantitative estimate of drug-likeness (QED) is 0.578. The molecule has 1 aliphatic rings. The minimum atomic E-state index is 0.0650. The second-order valence-corrected chi connectivity index (χ2v) is 6.58. The van der Waals surface area contributed by atoms with E-state index in [1.165, 1.54) is 6.42 Å². The van der Waals surface area contributed by atoms with E-state index in [-0.39, 0.29) is 18.0 Å². The fourth-order valence-corrected chi connectivity index (χ4v) is 3.46. The summed E-state index contributed by atoms with van der Waals surface area (Å²) in [5.41, 5.74) is 8.41. The summed E-state index contributed by atoms with van der Waals surface area (Å²) in [6.45, 7) is 2.80. The van der Waals surface area contributed by atoms with Crippen molar-refractivity contribution < 1.29 is 5.11 Å². The molecule has 3 aromatic rings.